The van der Waals surface area contributed by atoms with E-state index in [1.165, 1.54) is 11.6 Å². The molecule has 0 fully saturated rings. The summed E-state index contributed by atoms with van der Waals surface area (Å²) in [6.07, 6.45) is 3.90. The average molecular weight is 290 g/mol. The lowest BCUT2D eigenvalue weighted by Crippen LogP contribution is -2.38. The Balaban J connectivity index is 2.39. The molecule has 0 radical (unpaired) electrons. The van der Waals surface area contributed by atoms with E-state index in [2.05, 4.69) is 9.98 Å². The van der Waals surface area contributed by atoms with E-state index in [0.717, 1.165) is 42.6 Å². The summed E-state index contributed by atoms with van der Waals surface area (Å²) in [6, 6.07) is 0. The molecule has 3 rings (SSSR count). The van der Waals surface area contributed by atoms with Crippen LogP contribution < -0.4 is 17.0 Å². The lowest BCUT2D eigenvalue weighted by Gasteiger charge is -2.09. The summed E-state index contributed by atoms with van der Waals surface area (Å²) in [7, 11) is 3.03. The summed E-state index contributed by atoms with van der Waals surface area (Å²) in [6.45, 7) is 0.723. The normalized spacial score (nSPS) is 16.0. The molecule has 0 spiro atoms. The van der Waals surface area contributed by atoms with Crippen LogP contribution in [0, 0.1) is 0 Å². The van der Waals surface area contributed by atoms with Gasteiger partial charge in [-0.05, 0) is 12.8 Å². The number of anilines is 1. The first kappa shape index (κ1) is 13.6. The number of aryl methyl sites for hydroxylation is 1. The molecule has 0 saturated heterocycles. The van der Waals surface area contributed by atoms with Gasteiger partial charge in [-0.15, -0.1) is 0 Å². The Morgan fingerprint density at radius 3 is 2.62 bits per heavy atom. The molecule has 21 heavy (non-hydrogen) atoms. The first-order valence-electron chi connectivity index (χ1n) is 7.00. The van der Waals surface area contributed by atoms with Gasteiger partial charge in [0.1, 0.15) is 5.84 Å². The fraction of sp³-hybridized carbons (Fsp3) is 0.538. The van der Waals surface area contributed by atoms with Crippen molar-refractivity contribution in [1.82, 2.24) is 18.7 Å². The van der Waals surface area contributed by atoms with E-state index < -0.39 is 11.2 Å². The van der Waals surface area contributed by atoms with Crippen LogP contribution in [0.2, 0.25) is 0 Å². The summed E-state index contributed by atoms with van der Waals surface area (Å²) in [5, 5.41) is 0. The molecule has 0 aliphatic carbocycles. The minimum absolute atomic E-state index is 0.198. The van der Waals surface area contributed by atoms with Crippen molar-refractivity contribution >= 4 is 22.9 Å². The van der Waals surface area contributed by atoms with Crippen LogP contribution in [0.1, 0.15) is 25.7 Å². The highest BCUT2D eigenvalue weighted by Crippen LogP contribution is 2.17. The standard InChI is InChI=1S/C13H18N6O2/c1-17-10-9(11(20)18(2)13(17)21)19(12(14)16-10)8-6-4-3-5-7-15-8/h3-7H2,1-2H3,(H2,14,16). The first-order chi connectivity index (χ1) is 10.0. The minimum atomic E-state index is -0.417. The van der Waals surface area contributed by atoms with Crippen LogP contribution in [0.25, 0.3) is 11.2 Å². The zero-order valence-corrected chi connectivity index (χ0v) is 12.2. The highest BCUT2D eigenvalue weighted by Gasteiger charge is 2.21. The second kappa shape index (κ2) is 4.87. The smallest absolute Gasteiger partial charge is 0.332 e. The fourth-order valence-corrected chi connectivity index (χ4v) is 2.72. The number of rotatable bonds is 0. The number of hydrogen-bond donors (Lipinski definition) is 1. The van der Waals surface area contributed by atoms with Gasteiger partial charge in [0.05, 0.1) is 0 Å². The Morgan fingerprint density at radius 2 is 1.86 bits per heavy atom. The minimum Gasteiger partial charge on any atom is -0.369 e. The van der Waals surface area contributed by atoms with Gasteiger partial charge >= 0.3 is 5.69 Å². The fourth-order valence-electron chi connectivity index (χ4n) is 2.72. The van der Waals surface area contributed by atoms with Crippen molar-refractivity contribution in [3.05, 3.63) is 20.8 Å². The van der Waals surface area contributed by atoms with Crippen molar-refractivity contribution in [2.75, 3.05) is 12.3 Å². The topological polar surface area (TPSA) is 100 Å². The maximum Gasteiger partial charge on any atom is 0.332 e. The van der Waals surface area contributed by atoms with Gasteiger partial charge in [-0.25, -0.2) is 4.79 Å². The van der Waals surface area contributed by atoms with Crippen molar-refractivity contribution in [3.8, 4) is 0 Å². The van der Waals surface area contributed by atoms with Crippen LogP contribution in [0.3, 0.4) is 0 Å². The first-order valence-corrected chi connectivity index (χ1v) is 7.00. The number of nitrogens with two attached hydrogens (primary N) is 1. The van der Waals surface area contributed by atoms with Crippen LogP contribution in [-0.4, -0.2) is 31.1 Å². The molecular formula is C13H18N6O2. The predicted octanol–water partition coefficient (Wildman–Crippen LogP) is -0.164. The zero-order valence-electron chi connectivity index (χ0n) is 12.2. The molecule has 8 heteroatoms. The number of fused-ring (bicyclic) bond motifs is 1. The molecule has 1 aliphatic rings. The van der Waals surface area contributed by atoms with Crippen LogP contribution in [-0.2, 0) is 14.1 Å². The number of imidazole rings is 1. The van der Waals surface area contributed by atoms with Gasteiger partial charge in [0.2, 0.25) is 5.95 Å². The number of aliphatic imine (C=N–C) groups is 1. The molecule has 0 saturated carbocycles. The van der Waals surface area contributed by atoms with E-state index in [4.69, 9.17) is 5.73 Å². The van der Waals surface area contributed by atoms with Crippen LogP contribution in [0.4, 0.5) is 5.95 Å². The van der Waals surface area contributed by atoms with E-state index >= 15 is 0 Å². The number of nitrogens with zero attached hydrogens (tertiary/aromatic N) is 5. The summed E-state index contributed by atoms with van der Waals surface area (Å²) >= 11 is 0. The Morgan fingerprint density at radius 1 is 1.10 bits per heavy atom. The Hall–Kier alpha value is -2.38. The highest BCUT2D eigenvalue weighted by atomic mass is 16.2. The molecule has 0 bridgehead atoms. The van der Waals surface area contributed by atoms with Crippen LogP contribution in [0.15, 0.2) is 14.6 Å². The number of nitrogen functional groups attached to an aromatic ring is 1. The van der Waals surface area contributed by atoms with E-state index in [0.29, 0.717) is 11.2 Å². The molecule has 112 valence electrons. The second-order valence-electron chi connectivity index (χ2n) is 5.29. The van der Waals surface area contributed by atoms with E-state index in [9.17, 15) is 9.59 Å². The maximum absolute atomic E-state index is 12.4. The second-order valence-corrected chi connectivity index (χ2v) is 5.29. The molecule has 3 heterocycles. The van der Waals surface area contributed by atoms with Gasteiger partial charge in [-0.2, -0.15) is 4.98 Å². The van der Waals surface area contributed by atoms with E-state index in [-0.39, 0.29) is 5.95 Å². The van der Waals surface area contributed by atoms with Gasteiger partial charge in [0, 0.05) is 27.1 Å². The van der Waals surface area contributed by atoms with E-state index in [1.807, 2.05) is 0 Å². The molecule has 0 amide bonds. The Kier molecular flexibility index (Phi) is 3.15. The van der Waals surface area contributed by atoms with Crippen LogP contribution in [0.5, 0.6) is 0 Å². The van der Waals surface area contributed by atoms with Crippen molar-refractivity contribution in [3.63, 3.8) is 0 Å². The van der Waals surface area contributed by atoms with Crippen molar-refractivity contribution in [2.24, 2.45) is 19.1 Å². The highest BCUT2D eigenvalue weighted by molar-refractivity contribution is 5.95. The van der Waals surface area contributed by atoms with Crippen molar-refractivity contribution < 1.29 is 0 Å². The molecule has 2 aromatic rings. The SMILES string of the molecule is Cn1c(=O)c2c(nc(N)n2C2=NCCCCC2)n(C)c1=O. The monoisotopic (exact) mass is 290 g/mol. The number of aromatic nitrogens is 4. The van der Waals surface area contributed by atoms with Gasteiger partial charge in [-0.1, -0.05) is 6.42 Å². The molecule has 2 N–H and O–H groups in total. The lowest BCUT2D eigenvalue weighted by atomic mass is 10.2. The summed E-state index contributed by atoms with van der Waals surface area (Å²) in [5.41, 5.74) is 5.78. The molecule has 0 atom stereocenters. The molecule has 0 unspecified atom stereocenters. The average Bonchev–Trinajstić information content (AvgIpc) is 2.66. The molecule has 0 aromatic carbocycles. The zero-order chi connectivity index (χ0) is 15.1. The van der Waals surface area contributed by atoms with E-state index in [1.54, 1.807) is 11.6 Å². The summed E-state index contributed by atoms with van der Waals surface area (Å²) in [5.74, 6) is 0.951. The number of hydrogen-bond acceptors (Lipinski definition) is 5. The Labute approximate surface area is 120 Å². The predicted molar refractivity (Wildman–Crippen MR) is 80.8 cm³/mol. The maximum atomic E-state index is 12.4. The largest absolute Gasteiger partial charge is 0.369 e. The van der Waals surface area contributed by atoms with Gasteiger partial charge in [-0.3, -0.25) is 23.5 Å². The molecule has 1 aliphatic heterocycles. The molecule has 2 aromatic heterocycles. The van der Waals surface area contributed by atoms with Crippen LogP contribution >= 0.6 is 0 Å². The van der Waals surface area contributed by atoms with Crippen molar-refractivity contribution in [2.45, 2.75) is 25.7 Å². The summed E-state index contributed by atoms with van der Waals surface area (Å²) < 4.78 is 4.00. The van der Waals surface area contributed by atoms with Gasteiger partial charge in [0.25, 0.3) is 5.56 Å². The third-order valence-corrected chi connectivity index (χ3v) is 3.89. The van der Waals surface area contributed by atoms with Gasteiger partial charge in [0.15, 0.2) is 11.2 Å². The van der Waals surface area contributed by atoms with Crippen molar-refractivity contribution in [1.29, 1.82) is 0 Å². The lowest BCUT2D eigenvalue weighted by molar-refractivity contribution is 0.707. The third-order valence-electron chi connectivity index (χ3n) is 3.89. The third kappa shape index (κ3) is 1.98. The molecule has 8 nitrogen and oxygen atoms in total. The Bertz CT molecular complexity index is 854. The quantitative estimate of drug-likeness (QED) is 0.728. The summed E-state index contributed by atoms with van der Waals surface area (Å²) in [4.78, 5) is 33.1. The van der Waals surface area contributed by atoms with Gasteiger partial charge < -0.3 is 5.73 Å². The molecular weight excluding hydrogens is 272 g/mol.